The maximum Gasteiger partial charge on any atom is 0.218 e. The number of hydrogen-bond donors (Lipinski definition) is 0. The van der Waals surface area contributed by atoms with Crippen molar-refractivity contribution in [1.29, 1.82) is 0 Å². The van der Waals surface area contributed by atoms with Gasteiger partial charge in [0, 0.05) is 24.5 Å². The molecule has 1 aromatic heterocycles. The normalized spacial score (nSPS) is 16.3. The number of ether oxygens (including phenoxy) is 1. The van der Waals surface area contributed by atoms with Gasteiger partial charge >= 0.3 is 0 Å². The molecule has 0 atom stereocenters. The summed E-state index contributed by atoms with van der Waals surface area (Å²) in [5.41, 5.74) is 0. The Kier molecular flexibility index (Phi) is 5.70. The Labute approximate surface area is 120 Å². The summed E-state index contributed by atoms with van der Waals surface area (Å²) in [6, 6.07) is 2.47. The van der Waals surface area contributed by atoms with E-state index >= 15 is 0 Å². The minimum absolute atomic E-state index is 0.553. The van der Waals surface area contributed by atoms with Gasteiger partial charge in [0.2, 0.25) is 5.88 Å². The quantitative estimate of drug-likeness (QED) is 0.751. The van der Waals surface area contributed by atoms with Crippen LogP contribution in [0, 0.1) is 0 Å². The maximum atomic E-state index is 5.95. The lowest BCUT2D eigenvalue weighted by Crippen LogP contribution is -2.38. The van der Waals surface area contributed by atoms with E-state index in [0.29, 0.717) is 24.4 Å². The molecule has 1 aromatic rings. The maximum absolute atomic E-state index is 5.95. The van der Waals surface area contributed by atoms with Crippen LogP contribution in [-0.4, -0.2) is 35.0 Å². The third-order valence-electron chi connectivity index (χ3n) is 3.55. The first-order valence-corrected chi connectivity index (χ1v) is 7.66. The molecule has 5 heteroatoms. The molecule has 19 heavy (non-hydrogen) atoms. The molecule has 0 aromatic carbocycles. The molecule has 106 valence electrons. The molecule has 1 fully saturated rings. The van der Waals surface area contributed by atoms with Crippen molar-refractivity contribution in [3.8, 4) is 5.88 Å². The summed E-state index contributed by atoms with van der Waals surface area (Å²) in [4.78, 5) is 10.8. The SMILES string of the molecule is CCOc1cc(N(CCCl)C2CCCCC2)ncn1. The standard InChI is InChI=1S/C14H22ClN3O/c1-2-19-14-10-13(16-11-17-14)18(9-8-15)12-6-4-3-5-7-12/h10-12H,2-9H2,1H3. The van der Waals surface area contributed by atoms with Gasteiger partial charge in [-0.2, -0.15) is 0 Å². The average Bonchev–Trinajstić information content (AvgIpc) is 2.46. The predicted molar refractivity (Wildman–Crippen MR) is 78.1 cm³/mol. The highest BCUT2D eigenvalue weighted by atomic mass is 35.5. The summed E-state index contributed by atoms with van der Waals surface area (Å²) >= 11 is 5.95. The van der Waals surface area contributed by atoms with Crippen LogP contribution in [-0.2, 0) is 0 Å². The number of alkyl halides is 1. The van der Waals surface area contributed by atoms with Crippen LogP contribution in [0.5, 0.6) is 5.88 Å². The van der Waals surface area contributed by atoms with E-state index in [0.717, 1.165) is 12.4 Å². The van der Waals surface area contributed by atoms with Crippen LogP contribution >= 0.6 is 11.6 Å². The van der Waals surface area contributed by atoms with E-state index < -0.39 is 0 Å². The van der Waals surface area contributed by atoms with Crippen molar-refractivity contribution < 1.29 is 4.74 Å². The van der Waals surface area contributed by atoms with E-state index in [9.17, 15) is 0 Å². The molecule has 0 aliphatic heterocycles. The van der Waals surface area contributed by atoms with E-state index in [-0.39, 0.29) is 0 Å². The molecule has 4 nitrogen and oxygen atoms in total. The summed E-state index contributed by atoms with van der Waals surface area (Å²) in [6.07, 6.45) is 7.97. The molecule has 0 radical (unpaired) electrons. The van der Waals surface area contributed by atoms with E-state index in [4.69, 9.17) is 16.3 Å². The van der Waals surface area contributed by atoms with Gasteiger partial charge in [-0.1, -0.05) is 19.3 Å². The number of hydrogen-bond acceptors (Lipinski definition) is 4. The van der Waals surface area contributed by atoms with Gasteiger partial charge in [-0.05, 0) is 19.8 Å². The van der Waals surface area contributed by atoms with Gasteiger partial charge in [0.1, 0.15) is 12.1 Å². The summed E-state index contributed by atoms with van der Waals surface area (Å²) in [7, 11) is 0. The Morgan fingerprint density at radius 3 is 2.79 bits per heavy atom. The van der Waals surface area contributed by atoms with Crippen molar-refractivity contribution in [2.24, 2.45) is 0 Å². The van der Waals surface area contributed by atoms with Gasteiger partial charge in [0.25, 0.3) is 0 Å². The van der Waals surface area contributed by atoms with Gasteiger partial charge in [-0.3, -0.25) is 0 Å². The summed E-state index contributed by atoms with van der Waals surface area (Å²) < 4.78 is 5.45. The number of anilines is 1. The number of aromatic nitrogens is 2. The molecule has 1 heterocycles. The lowest BCUT2D eigenvalue weighted by atomic mass is 9.94. The topological polar surface area (TPSA) is 38.2 Å². The molecular weight excluding hydrogens is 262 g/mol. The first kappa shape index (κ1) is 14.4. The fourth-order valence-corrected chi connectivity index (χ4v) is 2.86. The molecule has 0 unspecified atom stereocenters. The zero-order valence-corrected chi connectivity index (χ0v) is 12.3. The average molecular weight is 284 g/mol. The molecule has 0 N–H and O–H groups in total. The van der Waals surface area contributed by atoms with Crippen molar-refractivity contribution in [2.75, 3.05) is 23.9 Å². The summed E-state index contributed by atoms with van der Waals surface area (Å²) in [6.45, 7) is 3.41. The summed E-state index contributed by atoms with van der Waals surface area (Å²) in [5, 5.41) is 0. The Hall–Kier alpha value is -1.03. The van der Waals surface area contributed by atoms with Gasteiger partial charge in [-0.15, -0.1) is 11.6 Å². The molecule has 2 rings (SSSR count). The second-order valence-electron chi connectivity index (χ2n) is 4.82. The first-order chi connectivity index (χ1) is 9.35. The minimum atomic E-state index is 0.553. The van der Waals surface area contributed by atoms with E-state index in [1.165, 1.54) is 32.1 Å². The van der Waals surface area contributed by atoms with Gasteiger partial charge in [-0.25, -0.2) is 9.97 Å². The van der Waals surface area contributed by atoms with Crippen molar-refractivity contribution in [2.45, 2.75) is 45.1 Å². The molecule has 1 aliphatic rings. The molecular formula is C14H22ClN3O. The monoisotopic (exact) mass is 283 g/mol. The fraction of sp³-hybridized carbons (Fsp3) is 0.714. The highest BCUT2D eigenvalue weighted by molar-refractivity contribution is 6.18. The van der Waals surface area contributed by atoms with Crippen LogP contribution in [0.25, 0.3) is 0 Å². The van der Waals surface area contributed by atoms with Crippen molar-refractivity contribution >= 4 is 17.4 Å². The molecule has 0 amide bonds. The van der Waals surface area contributed by atoms with Gasteiger partial charge in [0.05, 0.1) is 6.61 Å². The van der Waals surface area contributed by atoms with E-state index in [1.54, 1.807) is 6.33 Å². The van der Waals surface area contributed by atoms with Gasteiger partial charge < -0.3 is 9.64 Å². The summed E-state index contributed by atoms with van der Waals surface area (Å²) in [5.74, 6) is 2.19. The minimum Gasteiger partial charge on any atom is -0.478 e. The van der Waals surface area contributed by atoms with Crippen LogP contribution < -0.4 is 9.64 Å². The lowest BCUT2D eigenvalue weighted by Gasteiger charge is -2.34. The molecule has 0 saturated heterocycles. The largest absolute Gasteiger partial charge is 0.478 e. The van der Waals surface area contributed by atoms with E-state index in [1.807, 2.05) is 13.0 Å². The van der Waals surface area contributed by atoms with Crippen molar-refractivity contribution in [1.82, 2.24) is 9.97 Å². The van der Waals surface area contributed by atoms with Gasteiger partial charge in [0.15, 0.2) is 0 Å². The molecule has 1 aliphatic carbocycles. The fourth-order valence-electron chi connectivity index (χ4n) is 2.68. The zero-order valence-electron chi connectivity index (χ0n) is 11.5. The molecule has 1 saturated carbocycles. The number of nitrogens with zero attached hydrogens (tertiary/aromatic N) is 3. The van der Waals surface area contributed by atoms with Crippen LogP contribution in [0.2, 0.25) is 0 Å². The third-order valence-corrected chi connectivity index (χ3v) is 3.72. The second-order valence-corrected chi connectivity index (χ2v) is 5.20. The predicted octanol–water partition coefficient (Wildman–Crippen LogP) is 3.25. The van der Waals surface area contributed by atoms with Crippen LogP contribution in [0.4, 0.5) is 5.82 Å². The zero-order chi connectivity index (χ0) is 13.5. The van der Waals surface area contributed by atoms with Crippen molar-refractivity contribution in [3.63, 3.8) is 0 Å². The first-order valence-electron chi connectivity index (χ1n) is 7.12. The number of rotatable bonds is 6. The Morgan fingerprint density at radius 2 is 2.11 bits per heavy atom. The highest BCUT2D eigenvalue weighted by Crippen LogP contribution is 2.27. The van der Waals surface area contributed by atoms with Crippen LogP contribution in [0.3, 0.4) is 0 Å². The Balaban J connectivity index is 2.14. The smallest absolute Gasteiger partial charge is 0.218 e. The molecule has 0 bridgehead atoms. The second kappa shape index (κ2) is 7.53. The number of halogens is 1. The van der Waals surface area contributed by atoms with Crippen LogP contribution in [0.1, 0.15) is 39.0 Å². The van der Waals surface area contributed by atoms with Crippen LogP contribution in [0.15, 0.2) is 12.4 Å². The Morgan fingerprint density at radius 1 is 1.32 bits per heavy atom. The third kappa shape index (κ3) is 3.96. The van der Waals surface area contributed by atoms with E-state index in [2.05, 4.69) is 14.9 Å². The molecule has 0 spiro atoms. The highest BCUT2D eigenvalue weighted by Gasteiger charge is 2.22. The lowest BCUT2D eigenvalue weighted by molar-refractivity contribution is 0.325. The van der Waals surface area contributed by atoms with Crippen molar-refractivity contribution in [3.05, 3.63) is 12.4 Å². The Bertz CT molecular complexity index is 383.